The topological polar surface area (TPSA) is 55.4 Å². The lowest BCUT2D eigenvalue weighted by Crippen LogP contribution is -2.22. The van der Waals surface area contributed by atoms with Crippen molar-refractivity contribution in [3.63, 3.8) is 0 Å². The summed E-state index contributed by atoms with van der Waals surface area (Å²) in [6.07, 6.45) is 0.598. The number of carbonyl (C=O) groups excluding carboxylic acids is 2. The van der Waals surface area contributed by atoms with Gasteiger partial charge in [-0.1, -0.05) is 6.92 Å². The van der Waals surface area contributed by atoms with E-state index in [1.165, 1.54) is 14.0 Å². The summed E-state index contributed by atoms with van der Waals surface area (Å²) in [6, 6.07) is 0. The maximum absolute atomic E-state index is 11.1. The van der Waals surface area contributed by atoms with Gasteiger partial charge in [0.15, 0.2) is 0 Å². The van der Waals surface area contributed by atoms with Gasteiger partial charge < -0.3 is 10.1 Å². The summed E-state index contributed by atoms with van der Waals surface area (Å²) in [5, 5.41) is 2.58. The monoisotopic (exact) mass is 185 g/mol. The summed E-state index contributed by atoms with van der Waals surface area (Å²) in [6.45, 7) is 4.89. The van der Waals surface area contributed by atoms with Crippen LogP contribution in [0.3, 0.4) is 0 Å². The molecule has 0 rings (SSSR count). The van der Waals surface area contributed by atoms with Crippen LogP contribution in [0.15, 0.2) is 11.3 Å². The molecule has 1 amide bonds. The molecule has 0 fully saturated rings. The number of hydrogen-bond donors (Lipinski definition) is 1. The van der Waals surface area contributed by atoms with Gasteiger partial charge in [0.05, 0.1) is 12.7 Å². The van der Waals surface area contributed by atoms with Crippen molar-refractivity contribution < 1.29 is 14.3 Å². The van der Waals surface area contributed by atoms with Gasteiger partial charge in [-0.15, -0.1) is 0 Å². The largest absolute Gasteiger partial charge is 0.466 e. The number of carbonyl (C=O) groups is 2. The molecule has 0 heterocycles. The number of rotatable bonds is 3. The van der Waals surface area contributed by atoms with Crippen LogP contribution in [0.4, 0.5) is 0 Å². The molecule has 0 aliphatic rings. The Morgan fingerprint density at radius 2 is 1.85 bits per heavy atom. The molecule has 0 aromatic rings. The number of ether oxygens (including phenoxy) is 1. The van der Waals surface area contributed by atoms with Crippen LogP contribution in [0.25, 0.3) is 0 Å². The maximum Gasteiger partial charge on any atom is 0.335 e. The third kappa shape index (κ3) is 3.73. The molecule has 0 bridgehead atoms. The van der Waals surface area contributed by atoms with Gasteiger partial charge in [0.1, 0.15) is 0 Å². The Labute approximate surface area is 78.0 Å². The molecule has 0 saturated carbocycles. The quantitative estimate of drug-likeness (QED) is 0.526. The van der Waals surface area contributed by atoms with Crippen molar-refractivity contribution in [1.82, 2.24) is 5.32 Å². The highest BCUT2D eigenvalue weighted by atomic mass is 16.5. The highest BCUT2D eigenvalue weighted by molar-refractivity contribution is 5.89. The normalized spacial score (nSPS) is 11.7. The van der Waals surface area contributed by atoms with Gasteiger partial charge >= 0.3 is 5.97 Å². The molecular weight excluding hydrogens is 170 g/mol. The number of nitrogens with one attached hydrogen (secondary N) is 1. The van der Waals surface area contributed by atoms with Crippen molar-refractivity contribution in [2.45, 2.75) is 27.2 Å². The lowest BCUT2D eigenvalue weighted by Gasteiger charge is -2.08. The van der Waals surface area contributed by atoms with Gasteiger partial charge in [-0.2, -0.15) is 0 Å². The van der Waals surface area contributed by atoms with E-state index in [2.05, 4.69) is 10.1 Å². The van der Waals surface area contributed by atoms with Gasteiger partial charge in [-0.3, -0.25) is 4.79 Å². The summed E-state index contributed by atoms with van der Waals surface area (Å²) >= 11 is 0. The van der Waals surface area contributed by atoms with Crippen molar-refractivity contribution in [1.29, 1.82) is 0 Å². The molecule has 4 nitrogen and oxygen atoms in total. The Morgan fingerprint density at radius 3 is 2.15 bits per heavy atom. The fourth-order valence-electron chi connectivity index (χ4n) is 0.936. The fourth-order valence-corrected chi connectivity index (χ4v) is 0.936. The summed E-state index contributed by atoms with van der Waals surface area (Å²) in [5.74, 6) is -0.592. The highest BCUT2D eigenvalue weighted by Crippen LogP contribution is 2.06. The van der Waals surface area contributed by atoms with E-state index in [0.29, 0.717) is 17.7 Å². The third-order valence-electron chi connectivity index (χ3n) is 1.62. The number of amides is 1. The van der Waals surface area contributed by atoms with Gasteiger partial charge in [0.25, 0.3) is 0 Å². The molecule has 0 saturated heterocycles. The third-order valence-corrected chi connectivity index (χ3v) is 1.62. The van der Waals surface area contributed by atoms with E-state index in [-0.39, 0.29) is 5.91 Å². The van der Waals surface area contributed by atoms with Crippen molar-refractivity contribution in [3.05, 3.63) is 11.3 Å². The minimum absolute atomic E-state index is 0.180. The highest BCUT2D eigenvalue weighted by Gasteiger charge is 2.10. The minimum atomic E-state index is -0.411. The molecule has 0 aliphatic heterocycles. The van der Waals surface area contributed by atoms with Crippen LogP contribution in [0, 0.1) is 0 Å². The van der Waals surface area contributed by atoms with E-state index in [1.54, 1.807) is 6.92 Å². The molecule has 4 heteroatoms. The van der Waals surface area contributed by atoms with Crippen LogP contribution in [-0.2, 0) is 14.3 Å². The number of methoxy groups -OCH3 is 1. The Morgan fingerprint density at radius 1 is 1.31 bits per heavy atom. The first-order valence-corrected chi connectivity index (χ1v) is 4.08. The van der Waals surface area contributed by atoms with Crippen molar-refractivity contribution in [3.8, 4) is 0 Å². The minimum Gasteiger partial charge on any atom is -0.466 e. The lowest BCUT2D eigenvalue weighted by atomic mass is 10.2. The molecule has 0 unspecified atom stereocenters. The van der Waals surface area contributed by atoms with E-state index in [4.69, 9.17) is 0 Å². The van der Waals surface area contributed by atoms with Crippen molar-refractivity contribution in [2.24, 2.45) is 0 Å². The Kier molecular flexibility index (Phi) is 4.80. The molecular formula is C9H15NO3. The van der Waals surface area contributed by atoms with E-state index < -0.39 is 5.97 Å². The average Bonchev–Trinajstić information content (AvgIpc) is 2.11. The van der Waals surface area contributed by atoms with E-state index in [1.807, 2.05) is 6.92 Å². The second kappa shape index (κ2) is 5.35. The molecule has 0 radical (unpaired) electrons. The first-order valence-electron chi connectivity index (χ1n) is 4.08. The zero-order valence-corrected chi connectivity index (χ0v) is 8.43. The number of hydrogen-bond acceptors (Lipinski definition) is 3. The summed E-state index contributed by atoms with van der Waals surface area (Å²) in [4.78, 5) is 21.8. The predicted molar refractivity (Wildman–Crippen MR) is 48.8 cm³/mol. The van der Waals surface area contributed by atoms with Crippen LogP contribution in [0.2, 0.25) is 0 Å². The first kappa shape index (κ1) is 11.7. The van der Waals surface area contributed by atoms with Crippen LogP contribution < -0.4 is 5.32 Å². The lowest BCUT2D eigenvalue weighted by molar-refractivity contribution is -0.136. The van der Waals surface area contributed by atoms with Gasteiger partial charge in [0, 0.05) is 12.6 Å². The smallest absolute Gasteiger partial charge is 0.335 e. The predicted octanol–water partition coefficient (Wildman–Crippen LogP) is 0.980. The second-order valence-electron chi connectivity index (χ2n) is 2.63. The van der Waals surface area contributed by atoms with Gasteiger partial charge in [0.2, 0.25) is 5.91 Å². The first-order chi connectivity index (χ1) is 6.02. The second-order valence-corrected chi connectivity index (χ2v) is 2.63. The summed E-state index contributed by atoms with van der Waals surface area (Å²) < 4.78 is 4.53. The van der Waals surface area contributed by atoms with Crippen LogP contribution in [-0.4, -0.2) is 19.0 Å². The van der Waals surface area contributed by atoms with Gasteiger partial charge in [-0.05, 0) is 13.3 Å². The Balaban J connectivity index is 4.68. The Hall–Kier alpha value is -1.32. The van der Waals surface area contributed by atoms with Gasteiger partial charge in [-0.25, -0.2) is 4.79 Å². The maximum atomic E-state index is 11.1. The molecule has 1 N–H and O–H groups in total. The standard InChI is InChI=1S/C9H15NO3/c1-5-8(10-7(3)11)6(2)9(12)13-4/h5H2,1-4H3,(H,10,11)/b8-6-. The van der Waals surface area contributed by atoms with E-state index in [9.17, 15) is 9.59 Å². The van der Waals surface area contributed by atoms with Crippen molar-refractivity contribution in [2.75, 3.05) is 7.11 Å². The van der Waals surface area contributed by atoms with E-state index in [0.717, 1.165) is 0 Å². The van der Waals surface area contributed by atoms with Crippen LogP contribution in [0.1, 0.15) is 27.2 Å². The molecule has 13 heavy (non-hydrogen) atoms. The van der Waals surface area contributed by atoms with Crippen LogP contribution in [0.5, 0.6) is 0 Å². The average molecular weight is 185 g/mol. The molecule has 0 spiro atoms. The number of allylic oxidation sites excluding steroid dienone is 1. The molecule has 0 aromatic carbocycles. The Bertz CT molecular complexity index is 243. The zero-order valence-electron chi connectivity index (χ0n) is 8.43. The fraction of sp³-hybridized carbons (Fsp3) is 0.556. The number of esters is 1. The SMILES string of the molecule is CC/C(NC(C)=O)=C(\C)C(=O)OC. The van der Waals surface area contributed by atoms with Crippen LogP contribution >= 0.6 is 0 Å². The zero-order chi connectivity index (χ0) is 10.4. The molecule has 0 atom stereocenters. The molecule has 0 aliphatic carbocycles. The summed E-state index contributed by atoms with van der Waals surface area (Å²) in [7, 11) is 1.31. The summed E-state index contributed by atoms with van der Waals surface area (Å²) in [5.41, 5.74) is 1.06. The van der Waals surface area contributed by atoms with E-state index >= 15 is 0 Å². The molecule has 0 aromatic heterocycles. The molecule has 74 valence electrons. The van der Waals surface area contributed by atoms with Crippen molar-refractivity contribution >= 4 is 11.9 Å².